The molecule has 0 N–H and O–H groups in total. The predicted octanol–water partition coefficient (Wildman–Crippen LogP) is 4.71. The van der Waals surface area contributed by atoms with Gasteiger partial charge in [-0.2, -0.15) is 0 Å². The fourth-order valence-electron chi connectivity index (χ4n) is 6.12. The van der Waals surface area contributed by atoms with Gasteiger partial charge in [0.05, 0.1) is 21.3 Å². The van der Waals surface area contributed by atoms with Gasteiger partial charge in [-0.1, -0.05) is 34.8 Å². The number of Topliss-reactive ketones (excluding diaryl/α,β-unsaturated/α-hetero) is 1. The molecule has 30 heavy (non-hydrogen) atoms. The number of alkyl halides is 3. The van der Waals surface area contributed by atoms with Crippen LogP contribution in [0.15, 0.2) is 6.07 Å². The van der Waals surface area contributed by atoms with E-state index in [-0.39, 0.29) is 5.41 Å². The van der Waals surface area contributed by atoms with Crippen molar-refractivity contribution in [2.24, 2.45) is 5.92 Å². The van der Waals surface area contributed by atoms with Gasteiger partial charge < -0.3 is 14.2 Å². The molecule has 1 heterocycles. The highest BCUT2D eigenvalue weighted by Crippen LogP contribution is 2.60. The number of carbonyl (C=O) groups is 1. The Balaban J connectivity index is 1.83. The van der Waals surface area contributed by atoms with Crippen LogP contribution in [-0.2, 0) is 16.6 Å². The maximum Gasteiger partial charge on any atom is 0.203 e. The molecule has 1 aliphatic heterocycles. The van der Waals surface area contributed by atoms with Crippen LogP contribution in [0.2, 0.25) is 0 Å². The second kappa shape index (κ2) is 8.23. The van der Waals surface area contributed by atoms with Gasteiger partial charge in [0, 0.05) is 42.8 Å². The molecule has 3 aliphatic rings. The van der Waals surface area contributed by atoms with Crippen LogP contribution in [0.5, 0.6) is 17.2 Å². The summed E-state index contributed by atoms with van der Waals surface area (Å²) in [4.78, 5) is 15.1. The van der Waals surface area contributed by atoms with Crippen LogP contribution >= 0.6 is 34.8 Å². The maximum atomic E-state index is 12.7. The Hall–Kier alpha value is -0.880. The molecule has 166 valence electrons. The third-order valence-electron chi connectivity index (χ3n) is 7.26. The molecule has 5 nitrogen and oxygen atoms in total. The van der Waals surface area contributed by atoms with Crippen molar-refractivity contribution in [1.82, 2.24) is 4.90 Å². The van der Waals surface area contributed by atoms with Gasteiger partial charge >= 0.3 is 0 Å². The number of piperidine rings is 1. The molecule has 1 aromatic carbocycles. The Morgan fingerprint density at radius 3 is 2.53 bits per heavy atom. The molecular formula is C22H28Cl3NO4. The summed E-state index contributed by atoms with van der Waals surface area (Å²) in [5, 5.41) is 0. The summed E-state index contributed by atoms with van der Waals surface area (Å²) < 4.78 is 15.9. The van der Waals surface area contributed by atoms with E-state index in [0.717, 1.165) is 37.9 Å². The summed E-state index contributed by atoms with van der Waals surface area (Å²) in [6, 6.07) is 2.36. The van der Waals surface area contributed by atoms with E-state index >= 15 is 0 Å². The van der Waals surface area contributed by atoms with Gasteiger partial charge in [-0.3, -0.25) is 9.69 Å². The van der Waals surface area contributed by atoms with E-state index in [1.807, 2.05) is 0 Å². The SMILES string of the molecule is COc1cc2c(c(OC)c1OC)C13CCN(CCC(Cl)(Cl)Cl)C(C2)C1CCC(=O)C3. The molecule has 0 radical (unpaired) electrons. The molecule has 4 rings (SSSR count). The Morgan fingerprint density at radius 2 is 1.90 bits per heavy atom. The highest BCUT2D eigenvalue weighted by molar-refractivity contribution is 6.67. The molecule has 3 atom stereocenters. The topological polar surface area (TPSA) is 48.0 Å². The van der Waals surface area contributed by atoms with Gasteiger partial charge in [-0.25, -0.2) is 0 Å². The number of methoxy groups -OCH3 is 3. The number of hydrogen-bond acceptors (Lipinski definition) is 5. The maximum absolute atomic E-state index is 12.7. The monoisotopic (exact) mass is 475 g/mol. The van der Waals surface area contributed by atoms with Crippen molar-refractivity contribution in [1.29, 1.82) is 0 Å². The minimum atomic E-state index is -1.26. The molecular weight excluding hydrogens is 449 g/mol. The Morgan fingerprint density at radius 1 is 1.17 bits per heavy atom. The van der Waals surface area contributed by atoms with Crippen LogP contribution in [0, 0.1) is 5.92 Å². The number of hydrogen-bond donors (Lipinski definition) is 0. The van der Waals surface area contributed by atoms with Crippen molar-refractivity contribution in [3.8, 4) is 17.2 Å². The van der Waals surface area contributed by atoms with E-state index in [2.05, 4.69) is 11.0 Å². The zero-order chi connectivity index (χ0) is 21.7. The lowest BCUT2D eigenvalue weighted by Gasteiger charge is -2.59. The van der Waals surface area contributed by atoms with Gasteiger partial charge in [-0.05, 0) is 43.4 Å². The van der Waals surface area contributed by atoms with Crippen molar-refractivity contribution < 1.29 is 19.0 Å². The van der Waals surface area contributed by atoms with Crippen LogP contribution in [0.1, 0.15) is 43.2 Å². The lowest BCUT2D eigenvalue weighted by atomic mass is 9.52. The number of fused-ring (bicyclic) bond motifs is 1. The normalized spacial score (nSPS) is 28.5. The Labute approximate surface area is 192 Å². The number of likely N-dealkylation sites (tertiary alicyclic amines) is 1. The number of ketones is 1. The average Bonchev–Trinajstić information content (AvgIpc) is 2.70. The Kier molecular flexibility index (Phi) is 6.13. The highest BCUT2D eigenvalue weighted by atomic mass is 35.6. The molecule has 2 fully saturated rings. The van der Waals surface area contributed by atoms with E-state index in [1.54, 1.807) is 21.3 Å². The van der Waals surface area contributed by atoms with Gasteiger partial charge in [0.1, 0.15) is 5.78 Å². The molecule has 2 aliphatic carbocycles. The second-order valence-corrected chi connectivity index (χ2v) is 11.1. The minimum Gasteiger partial charge on any atom is -0.493 e. The summed E-state index contributed by atoms with van der Waals surface area (Å²) in [6.45, 7) is 1.59. The number of rotatable bonds is 5. The Bertz CT molecular complexity index is 841. The van der Waals surface area contributed by atoms with E-state index in [1.165, 1.54) is 5.56 Å². The van der Waals surface area contributed by atoms with Gasteiger partial charge in [0.2, 0.25) is 5.75 Å². The van der Waals surface area contributed by atoms with Crippen LogP contribution in [0.4, 0.5) is 0 Å². The van der Waals surface area contributed by atoms with Crippen LogP contribution < -0.4 is 14.2 Å². The van der Waals surface area contributed by atoms with E-state index in [9.17, 15) is 4.79 Å². The van der Waals surface area contributed by atoms with Crippen LogP contribution in [0.25, 0.3) is 0 Å². The van der Waals surface area contributed by atoms with Crippen LogP contribution in [0.3, 0.4) is 0 Å². The standard InChI is InChI=1S/C22H28Cl3NO4/c1-28-17-11-13-10-16-15-5-4-14(27)12-21(15,18(13)20(30-3)19(17)29-2)6-8-26(16)9-7-22(23,24)25/h11,15-16H,4-10,12H2,1-3H3. The number of nitrogens with zero attached hydrogens (tertiary/aromatic N) is 1. The fraction of sp³-hybridized carbons (Fsp3) is 0.682. The first-order valence-corrected chi connectivity index (χ1v) is 11.5. The summed E-state index contributed by atoms with van der Waals surface area (Å²) in [7, 11) is 4.92. The first-order chi connectivity index (χ1) is 14.2. The zero-order valence-electron chi connectivity index (χ0n) is 17.6. The van der Waals surface area contributed by atoms with Gasteiger partial charge in [0.15, 0.2) is 15.3 Å². The largest absolute Gasteiger partial charge is 0.493 e. The van der Waals surface area contributed by atoms with Crippen molar-refractivity contribution in [2.45, 2.75) is 53.8 Å². The fourth-order valence-corrected chi connectivity index (χ4v) is 6.37. The summed E-state index contributed by atoms with van der Waals surface area (Å²) in [5.41, 5.74) is 2.06. The molecule has 2 bridgehead atoms. The molecule has 1 aromatic rings. The number of carbonyl (C=O) groups excluding carboxylic acids is 1. The lowest BCUT2D eigenvalue weighted by Crippen LogP contribution is -2.62. The number of halogens is 3. The smallest absolute Gasteiger partial charge is 0.203 e. The lowest BCUT2D eigenvalue weighted by molar-refractivity contribution is -0.127. The molecule has 3 unspecified atom stereocenters. The summed E-state index contributed by atoms with van der Waals surface area (Å²) in [5.74, 6) is 2.64. The second-order valence-electron chi connectivity index (χ2n) is 8.62. The molecule has 1 saturated carbocycles. The van der Waals surface area contributed by atoms with Crippen molar-refractivity contribution in [3.63, 3.8) is 0 Å². The molecule has 1 saturated heterocycles. The number of benzene rings is 1. The predicted molar refractivity (Wildman–Crippen MR) is 119 cm³/mol. The average molecular weight is 477 g/mol. The molecule has 0 amide bonds. The van der Waals surface area contributed by atoms with Gasteiger partial charge in [0.25, 0.3) is 0 Å². The highest BCUT2D eigenvalue weighted by Gasteiger charge is 2.57. The van der Waals surface area contributed by atoms with E-state index < -0.39 is 3.79 Å². The quantitative estimate of drug-likeness (QED) is 0.576. The number of ether oxygens (including phenoxy) is 3. The first-order valence-electron chi connectivity index (χ1n) is 10.4. The van der Waals surface area contributed by atoms with Crippen molar-refractivity contribution >= 4 is 40.6 Å². The van der Waals surface area contributed by atoms with Crippen LogP contribution in [-0.4, -0.2) is 54.9 Å². The molecule has 0 aromatic heterocycles. The third kappa shape index (κ3) is 3.66. The minimum absolute atomic E-state index is 0.241. The third-order valence-corrected chi connectivity index (χ3v) is 7.82. The molecule has 8 heteroatoms. The molecule has 0 spiro atoms. The first kappa shape index (κ1) is 22.3. The zero-order valence-corrected chi connectivity index (χ0v) is 19.9. The summed E-state index contributed by atoms with van der Waals surface area (Å²) in [6.07, 6.45) is 4.27. The van der Waals surface area contributed by atoms with Crippen molar-refractivity contribution in [2.75, 3.05) is 34.4 Å². The summed E-state index contributed by atoms with van der Waals surface area (Å²) >= 11 is 18.1. The van der Waals surface area contributed by atoms with Gasteiger partial charge in [-0.15, -0.1) is 0 Å². The van der Waals surface area contributed by atoms with E-state index in [4.69, 9.17) is 49.0 Å². The van der Waals surface area contributed by atoms with E-state index in [0.29, 0.717) is 54.3 Å². The van der Waals surface area contributed by atoms with Crippen molar-refractivity contribution in [3.05, 3.63) is 17.2 Å².